The van der Waals surface area contributed by atoms with Crippen molar-refractivity contribution in [3.8, 4) is 0 Å². The Morgan fingerprint density at radius 1 is 1.29 bits per heavy atom. The van der Waals surface area contributed by atoms with Crippen molar-refractivity contribution < 1.29 is 27.9 Å². The predicted octanol–water partition coefficient (Wildman–Crippen LogP) is 2.25. The minimum atomic E-state index is -4.53. The highest BCUT2D eigenvalue weighted by Gasteiger charge is 2.57. The Balaban J connectivity index is 1.87. The molecule has 1 aromatic carbocycles. The minimum Gasteiger partial charge on any atom is -0.480 e. The summed E-state index contributed by atoms with van der Waals surface area (Å²) in [6, 6.07) is 3.17. The van der Waals surface area contributed by atoms with E-state index in [-0.39, 0.29) is 17.4 Å². The molecule has 1 amide bonds. The molecule has 112 valence electrons. The maximum absolute atomic E-state index is 12.7. The van der Waals surface area contributed by atoms with Crippen LogP contribution < -0.4 is 0 Å². The maximum Gasteiger partial charge on any atom is 0.416 e. The van der Waals surface area contributed by atoms with Gasteiger partial charge in [0.25, 0.3) is 5.91 Å². The lowest BCUT2D eigenvalue weighted by molar-refractivity contribution is -0.142. The first-order valence-electron chi connectivity index (χ1n) is 6.50. The molecule has 1 aliphatic carbocycles. The number of carbonyl (C=O) groups excluding carboxylic acids is 1. The van der Waals surface area contributed by atoms with Crippen LogP contribution in [0.3, 0.4) is 0 Å². The molecule has 1 aliphatic heterocycles. The van der Waals surface area contributed by atoms with E-state index < -0.39 is 29.7 Å². The number of carbonyl (C=O) groups is 2. The number of benzene rings is 1. The van der Waals surface area contributed by atoms with E-state index in [4.69, 9.17) is 0 Å². The molecule has 2 aliphatic rings. The fourth-order valence-corrected chi connectivity index (χ4v) is 2.99. The summed E-state index contributed by atoms with van der Waals surface area (Å²) < 4.78 is 38.0. The van der Waals surface area contributed by atoms with E-state index in [1.807, 2.05) is 0 Å². The predicted molar refractivity (Wildman–Crippen MR) is 65.5 cm³/mol. The highest BCUT2D eigenvalue weighted by Crippen LogP contribution is 2.50. The standard InChI is InChI=1S/C14H12F3NO3/c15-14(16,17)9-3-1-2-7(4-9)12(19)18-6-8-5-10(8)11(18)13(20)21/h1-4,8,10-11H,5-6H2,(H,20,21)/t8-,10-,11+/m1/s1. The second-order valence-electron chi connectivity index (χ2n) is 5.48. The van der Waals surface area contributed by atoms with Crippen molar-refractivity contribution in [1.29, 1.82) is 0 Å². The van der Waals surface area contributed by atoms with E-state index in [1.54, 1.807) is 0 Å². The monoisotopic (exact) mass is 299 g/mol. The zero-order chi connectivity index (χ0) is 15.4. The number of carboxylic acid groups (broad SMARTS) is 1. The van der Waals surface area contributed by atoms with Gasteiger partial charge in [-0.05, 0) is 36.5 Å². The van der Waals surface area contributed by atoms with Gasteiger partial charge in [-0.2, -0.15) is 13.2 Å². The molecule has 0 aromatic heterocycles. The highest BCUT2D eigenvalue weighted by atomic mass is 19.4. The van der Waals surface area contributed by atoms with Crippen molar-refractivity contribution in [3.63, 3.8) is 0 Å². The van der Waals surface area contributed by atoms with Crippen molar-refractivity contribution in [3.05, 3.63) is 35.4 Å². The minimum absolute atomic E-state index is 0.0581. The molecule has 2 fully saturated rings. The average molecular weight is 299 g/mol. The van der Waals surface area contributed by atoms with Crippen molar-refractivity contribution in [2.24, 2.45) is 11.8 Å². The van der Waals surface area contributed by atoms with Crippen LogP contribution in [0.15, 0.2) is 24.3 Å². The van der Waals surface area contributed by atoms with E-state index in [1.165, 1.54) is 11.0 Å². The Morgan fingerprint density at radius 3 is 2.62 bits per heavy atom. The molecule has 1 saturated carbocycles. The molecule has 1 saturated heterocycles. The molecule has 1 heterocycles. The Kier molecular flexibility index (Phi) is 2.96. The molecule has 3 rings (SSSR count). The van der Waals surface area contributed by atoms with Gasteiger partial charge < -0.3 is 10.0 Å². The number of likely N-dealkylation sites (tertiary alicyclic amines) is 1. The van der Waals surface area contributed by atoms with Crippen LogP contribution in [0.5, 0.6) is 0 Å². The summed E-state index contributed by atoms with van der Waals surface area (Å²) in [4.78, 5) is 24.7. The summed E-state index contributed by atoms with van der Waals surface area (Å²) in [6.07, 6.45) is -3.76. The van der Waals surface area contributed by atoms with E-state index >= 15 is 0 Å². The van der Waals surface area contributed by atoms with Gasteiger partial charge in [0.2, 0.25) is 0 Å². The van der Waals surface area contributed by atoms with Gasteiger partial charge in [0.1, 0.15) is 6.04 Å². The summed E-state index contributed by atoms with van der Waals surface area (Å²) in [6.45, 7) is 0.302. The Labute approximate surface area is 118 Å². The number of alkyl halides is 3. The lowest BCUT2D eigenvalue weighted by atomic mass is 10.1. The number of aliphatic carboxylic acids is 1. The number of hydrogen-bond donors (Lipinski definition) is 1. The van der Waals surface area contributed by atoms with Crippen LogP contribution in [0.25, 0.3) is 0 Å². The Bertz CT molecular complexity index is 614. The number of fused-ring (bicyclic) bond motifs is 1. The van der Waals surface area contributed by atoms with Crippen molar-refractivity contribution in [1.82, 2.24) is 4.90 Å². The summed E-state index contributed by atoms with van der Waals surface area (Å²) in [5.41, 5.74) is -1.04. The first-order valence-corrected chi connectivity index (χ1v) is 6.50. The van der Waals surface area contributed by atoms with E-state index in [9.17, 15) is 27.9 Å². The molecule has 4 nitrogen and oxygen atoms in total. The van der Waals surface area contributed by atoms with Gasteiger partial charge in [-0.1, -0.05) is 6.07 Å². The fourth-order valence-electron chi connectivity index (χ4n) is 2.99. The van der Waals surface area contributed by atoms with Crippen LogP contribution >= 0.6 is 0 Å². The fraction of sp³-hybridized carbons (Fsp3) is 0.429. The number of carboxylic acids is 1. The normalized spacial score (nSPS) is 27.4. The molecule has 0 spiro atoms. The first-order chi connectivity index (χ1) is 9.79. The second kappa shape index (κ2) is 4.47. The molecule has 1 aromatic rings. The van der Waals surface area contributed by atoms with Crippen LogP contribution in [0.2, 0.25) is 0 Å². The lowest BCUT2D eigenvalue weighted by Gasteiger charge is -2.24. The molecular weight excluding hydrogens is 287 g/mol. The van der Waals surface area contributed by atoms with Crippen LogP contribution in [-0.2, 0) is 11.0 Å². The zero-order valence-corrected chi connectivity index (χ0v) is 10.8. The average Bonchev–Trinajstić information content (AvgIpc) is 3.07. The van der Waals surface area contributed by atoms with E-state index in [0.717, 1.165) is 24.6 Å². The van der Waals surface area contributed by atoms with Crippen molar-refractivity contribution in [2.45, 2.75) is 18.6 Å². The van der Waals surface area contributed by atoms with Gasteiger partial charge in [-0.25, -0.2) is 4.79 Å². The highest BCUT2D eigenvalue weighted by molar-refractivity contribution is 5.97. The molecule has 7 heteroatoms. The number of rotatable bonds is 2. The number of amides is 1. The molecule has 21 heavy (non-hydrogen) atoms. The van der Waals surface area contributed by atoms with Crippen molar-refractivity contribution >= 4 is 11.9 Å². The lowest BCUT2D eigenvalue weighted by Crippen LogP contribution is -2.43. The number of halogens is 3. The van der Waals surface area contributed by atoms with E-state index in [0.29, 0.717) is 6.54 Å². The molecule has 0 unspecified atom stereocenters. The van der Waals surface area contributed by atoms with Crippen LogP contribution in [0, 0.1) is 11.8 Å². The number of piperidine rings is 1. The van der Waals surface area contributed by atoms with Crippen LogP contribution in [0.4, 0.5) is 13.2 Å². The molecular formula is C14H12F3NO3. The number of nitrogens with zero attached hydrogens (tertiary/aromatic N) is 1. The quantitative estimate of drug-likeness (QED) is 0.911. The smallest absolute Gasteiger partial charge is 0.416 e. The van der Waals surface area contributed by atoms with Crippen molar-refractivity contribution in [2.75, 3.05) is 6.54 Å². The van der Waals surface area contributed by atoms with Gasteiger partial charge >= 0.3 is 12.1 Å². The Hall–Kier alpha value is -2.05. The zero-order valence-electron chi connectivity index (χ0n) is 10.8. The van der Waals surface area contributed by atoms with Crippen LogP contribution in [0.1, 0.15) is 22.3 Å². The maximum atomic E-state index is 12.7. The second-order valence-corrected chi connectivity index (χ2v) is 5.48. The van der Waals surface area contributed by atoms with Gasteiger partial charge in [0, 0.05) is 12.1 Å². The third-order valence-electron chi connectivity index (χ3n) is 4.10. The summed E-state index contributed by atoms with van der Waals surface area (Å²) in [5.74, 6) is -1.64. The summed E-state index contributed by atoms with van der Waals surface area (Å²) in [5, 5.41) is 9.19. The molecule has 1 N–H and O–H groups in total. The van der Waals surface area contributed by atoms with Gasteiger partial charge in [-0.15, -0.1) is 0 Å². The molecule has 0 bridgehead atoms. The number of hydrogen-bond acceptors (Lipinski definition) is 2. The molecule has 3 atom stereocenters. The van der Waals surface area contributed by atoms with Crippen LogP contribution in [-0.4, -0.2) is 34.5 Å². The first kappa shape index (κ1) is 13.9. The molecule has 0 radical (unpaired) electrons. The summed E-state index contributed by atoms with van der Waals surface area (Å²) in [7, 11) is 0. The Morgan fingerprint density at radius 2 is 2.00 bits per heavy atom. The van der Waals surface area contributed by atoms with Gasteiger partial charge in [0.15, 0.2) is 0 Å². The third kappa shape index (κ3) is 2.36. The SMILES string of the molecule is O=C(O)[C@@H]1[C@@H]2C[C@@H]2CN1C(=O)c1cccc(C(F)(F)F)c1. The third-order valence-corrected chi connectivity index (χ3v) is 4.10. The topological polar surface area (TPSA) is 57.6 Å². The summed E-state index contributed by atoms with van der Waals surface area (Å²) >= 11 is 0. The van der Waals surface area contributed by atoms with Gasteiger partial charge in [-0.3, -0.25) is 4.79 Å². The largest absolute Gasteiger partial charge is 0.480 e. The van der Waals surface area contributed by atoms with Gasteiger partial charge in [0.05, 0.1) is 5.56 Å². The van der Waals surface area contributed by atoms with E-state index in [2.05, 4.69) is 0 Å².